The van der Waals surface area contributed by atoms with Gasteiger partial charge in [-0.25, -0.2) is 8.78 Å². The van der Waals surface area contributed by atoms with E-state index in [4.69, 9.17) is 36.1 Å². The van der Waals surface area contributed by atoms with E-state index in [1.807, 2.05) is 0 Å². The maximum Gasteiger partial charge on any atom is 0.294 e. The van der Waals surface area contributed by atoms with Gasteiger partial charge in [-0.3, -0.25) is 9.79 Å². The minimum Gasteiger partial charge on any atom is -0.388 e. The zero-order valence-corrected chi connectivity index (χ0v) is 24.9. The highest BCUT2D eigenvalue weighted by Gasteiger charge is 2.52. The molecule has 13 atom stereocenters. The number of ether oxygens (including phenoxy) is 4. The summed E-state index contributed by atoms with van der Waals surface area (Å²) in [4.78, 5) is 16.8. The van der Waals surface area contributed by atoms with E-state index in [-0.39, 0.29) is 32.5 Å². The van der Waals surface area contributed by atoms with Crippen molar-refractivity contribution in [1.29, 1.82) is 0 Å². The number of nitrogens with zero attached hydrogens (tertiary/aromatic N) is 1. The molecule has 4 fully saturated rings. The summed E-state index contributed by atoms with van der Waals surface area (Å²) in [6.45, 7) is 1.59. The number of carbonyl (C=O) groups is 1. The molecule has 13 unspecified atom stereocenters. The number of halogens is 2. The Labute approximate surface area is 254 Å². The average Bonchev–Trinajstić information content (AvgIpc) is 3.41. The molecule has 3 aliphatic heterocycles. The van der Waals surface area contributed by atoms with Crippen LogP contribution in [0.2, 0.25) is 0 Å². The lowest BCUT2D eigenvalue weighted by Crippen LogP contribution is -2.70. The van der Waals surface area contributed by atoms with Crippen LogP contribution in [0.1, 0.15) is 32.6 Å². The van der Waals surface area contributed by atoms with Crippen LogP contribution in [-0.2, 0) is 23.7 Å². The van der Waals surface area contributed by atoms with Crippen molar-refractivity contribution in [3.05, 3.63) is 0 Å². The largest absolute Gasteiger partial charge is 0.388 e. The highest BCUT2D eigenvalue weighted by molar-refractivity contribution is 5.86. The number of likely N-dealkylation sites (N-methyl/N-ethyl adjacent to an activating group) is 1. The number of alkyl halides is 2. The summed E-state index contributed by atoms with van der Waals surface area (Å²) in [6.07, 6.45) is -10.3. The van der Waals surface area contributed by atoms with Gasteiger partial charge in [0.05, 0.1) is 37.4 Å². The summed E-state index contributed by atoms with van der Waals surface area (Å²) >= 11 is 0. The predicted molar refractivity (Wildman–Crippen MR) is 150 cm³/mol. The van der Waals surface area contributed by atoms with Gasteiger partial charge in [-0.15, -0.1) is 0 Å². The van der Waals surface area contributed by atoms with E-state index >= 15 is 0 Å². The Morgan fingerprint density at radius 1 is 1.14 bits per heavy atom. The van der Waals surface area contributed by atoms with Crippen molar-refractivity contribution < 1.29 is 52.9 Å². The first-order valence-electron chi connectivity index (χ1n) is 14.8. The minimum atomic E-state index is -2.90. The van der Waals surface area contributed by atoms with Crippen molar-refractivity contribution in [2.24, 2.45) is 22.2 Å². The molecular formula is C26H47F2N7O9. The van der Waals surface area contributed by atoms with Gasteiger partial charge in [0.2, 0.25) is 0 Å². The number of hydrogen-bond acceptors (Lipinski definition) is 14. The Kier molecular flexibility index (Phi) is 11.5. The molecule has 0 bridgehead atoms. The fourth-order valence-electron chi connectivity index (χ4n) is 6.20. The number of amidine groups is 1. The average molecular weight is 640 g/mol. The lowest BCUT2D eigenvalue weighted by atomic mass is 9.83. The van der Waals surface area contributed by atoms with E-state index in [0.29, 0.717) is 19.4 Å². The molecule has 1 saturated carbocycles. The quantitative estimate of drug-likeness (QED) is 0.0799. The second-order valence-electron chi connectivity index (χ2n) is 12.4. The number of β-amino-alcohol motifs (C(OH)–C–C–N with tert-alkyl or cyclic N) is 1. The summed E-state index contributed by atoms with van der Waals surface area (Å²) in [7, 11) is 1.55. The van der Waals surface area contributed by atoms with E-state index in [9.17, 15) is 34.0 Å². The first-order valence-corrected chi connectivity index (χ1v) is 14.8. The fourth-order valence-corrected chi connectivity index (χ4v) is 6.20. The second kappa shape index (κ2) is 14.4. The van der Waals surface area contributed by atoms with Crippen LogP contribution in [0.15, 0.2) is 4.99 Å². The molecule has 18 heteroatoms. The molecule has 4 rings (SSSR count). The summed E-state index contributed by atoms with van der Waals surface area (Å²) < 4.78 is 49.2. The van der Waals surface area contributed by atoms with Crippen molar-refractivity contribution in [2.45, 2.75) is 118 Å². The molecule has 0 aromatic heterocycles. The zero-order valence-electron chi connectivity index (χ0n) is 24.9. The van der Waals surface area contributed by atoms with Gasteiger partial charge in [-0.05, 0) is 46.2 Å². The lowest BCUT2D eigenvalue weighted by molar-refractivity contribution is -0.307. The Morgan fingerprint density at radius 3 is 2.48 bits per heavy atom. The number of hydrogen-bond donors (Lipinski definition) is 10. The molecule has 4 aliphatic rings. The monoisotopic (exact) mass is 639 g/mol. The molecule has 16 nitrogen and oxygen atoms in total. The number of aliphatic hydroxyl groups is 4. The Bertz CT molecular complexity index is 1010. The van der Waals surface area contributed by atoms with Crippen LogP contribution >= 0.6 is 0 Å². The Balaban J connectivity index is 1.52. The molecule has 3 saturated heterocycles. The molecule has 254 valence electrons. The van der Waals surface area contributed by atoms with Gasteiger partial charge >= 0.3 is 0 Å². The van der Waals surface area contributed by atoms with Crippen LogP contribution in [0.5, 0.6) is 0 Å². The third-order valence-electron chi connectivity index (χ3n) is 8.81. The normalized spacial score (nSPS) is 45.4. The number of carbonyl (C=O) groups excluding carboxylic acids is 1. The molecule has 0 aromatic rings. The Morgan fingerprint density at radius 2 is 1.84 bits per heavy atom. The fraction of sp³-hybridized carbons (Fsp3) is 0.923. The van der Waals surface area contributed by atoms with Gasteiger partial charge in [-0.1, -0.05) is 0 Å². The van der Waals surface area contributed by atoms with Gasteiger partial charge in [0, 0.05) is 12.6 Å². The van der Waals surface area contributed by atoms with Crippen LogP contribution in [0.25, 0.3) is 0 Å². The predicted octanol–water partition coefficient (Wildman–Crippen LogP) is -4.43. The first kappa shape index (κ1) is 35.2. The lowest BCUT2D eigenvalue weighted by Gasteiger charge is -2.49. The molecule has 3 heterocycles. The van der Waals surface area contributed by atoms with E-state index in [1.165, 1.54) is 6.92 Å². The number of nitrogens with two attached hydrogens (primary N) is 3. The number of rotatable bonds is 10. The molecule has 1 aliphatic carbocycles. The van der Waals surface area contributed by atoms with Crippen LogP contribution in [0.3, 0.4) is 0 Å². The first-order chi connectivity index (χ1) is 20.7. The Hall–Kier alpha value is -1.68. The van der Waals surface area contributed by atoms with Crippen molar-refractivity contribution >= 4 is 11.7 Å². The topological polar surface area (TPSA) is 261 Å². The van der Waals surface area contributed by atoms with Gasteiger partial charge in [-0.2, -0.15) is 0 Å². The minimum absolute atomic E-state index is 0.0121. The number of nitrogens with one attached hydrogen (secondary N) is 3. The molecule has 1 amide bonds. The highest BCUT2D eigenvalue weighted by atomic mass is 19.3. The van der Waals surface area contributed by atoms with Crippen molar-refractivity contribution in [3.8, 4) is 0 Å². The van der Waals surface area contributed by atoms with Crippen molar-refractivity contribution in [3.63, 3.8) is 0 Å². The van der Waals surface area contributed by atoms with Crippen molar-refractivity contribution in [2.75, 3.05) is 33.3 Å². The summed E-state index contributed by atoms with van der Waals surface area (Å²) in [5, 5.41) is 52.5. The molecule has 13 N–H and O–H groups in total. The van der Waals surface area contributed by atoms with Crippen LogP contribution in [0, 0.1) is 0 Å². The number of aliphatic hydroxyl groups excluding tert-OH is 2. The molecule has 44 heavy (non-hydrogen) atoms. The summed E-state index contributed by atoms with van der Waals surface area (Å²) in [6, 6.07) is -3.35. The van der Waals surface area contributed by atoms with E-state index in [2.05, 4.69) is 20.9 Å². The number of amides is 1. The highest BCUT2D eigenvalue weighted by Crippen LogP contribution is 2.32. The summed E-state index contributed by atoms with van der Waals surface area (Å²) in [5.41, 5.74) is 14.8. The van der Waals surface area contributed by atoms with E-state index in [1.54, 1.807) is 7.05 Å². The number of aliphatic imine (C=N–C) groups is 1. The van der Waals surface area contributed by atoms with E-state index in [0.717, 1.165) is 0 Å². The van der Waals surface area contributed by atoms with Gasteiger partial charge in [0.25, 0.3) is 12.3 Å². The zero-order chi connectivity index (χ0) is 32.4. The van der Waals surface area contributed by atoms with Crippen LogP contribution in [0.4, 0.5) is 8.78 Å². The molecule has 0 aromatic carbocycles. The SMILES string of the molecule is CNC1C(O)C(OC2C(NC(=O)C3(O)CCNC3)CC(N)C(OC3OC(CN=C(N)C(F)F)CCC3N)C2O)OCC1(C)O. The molecule has 0 spiro atoms. The third kappa shape index (κ3) is 7.81. The van der Waals surface area contributed by atoms with Gasteiger partial charge < -0.3 is 72.5 Å². The standard InChI is InChI=1S/C26H47F2N7O9/c1-25(39)10-41-23(16(37)19(25)32-2)44-18-14(35-24(38)26(40)5-6-33-9-26)7-13(30)17(15(18)36)43-22-12(29)4-3-11(42-22)8-34-21(31)20(27)28/h11-20,22-23,32-33,36-37,39-40H,3-10,29-30H2,1-2H3,(H2,31,34)(H,35,38). The molecular weight excluding hydrogens is 592 g/mol. The smallest absolute Gasteiger partial charge is 0.294 e. The third-order valence-corrected chi connectivity index (χ3v) is 8.81. The van der Waals surface area contributed by atoms with Crippen LogP contribution in [-0.4, -0.2) is 150 Å². The van der Waals surface area contributed by atoms with Crippen molar-refractivity contribution in [1.82, 2.24) is 16.0 Å². The maximum absolute atomic E-state index is 13.1. The van der Waals surface area contributed by atoms with Gasteiger partial charge in [0.1, 0.15) is 30.0 Å². The van der Waals surface area contributed by atoms with E-state index < -0.39 is 96.6 Å². The summed E-state index contributed by atoms with van der Waals surface area (Å²) in [5.74, 6) is -1.50. The maximum atomic E-state index is 13.1. The second-order valence-corrected chi connectivity index (χ2v) is 12.4. The molecule has 0 radical (unpaired) electrons. The van der Waals surface area contributed by atoms with Gasteiger partial charge in [0.15, 0.2) is 24.0 Å². The van der Waals surface area contributed by atoms with Crippen LogP contribution < -0.4 is 33.2 Å².